The van der Waals surface area contributed by atoms with Crippen LogP contribution in [0.2, 0.25) is 5.02 Å². The number of benzene rings is 2. The summed E-state index contributed by atoms with van der Waals surface area (Å²) in [5.41, 5.74) is 7.19. The number of nitriles is 1. The summed E-state index contributed by atoms with van der Waals surface area (Å²) in [6.07, 6.45) is 2.97. The van der Waals surface area contributed by atoms with Crippen molar-refractivity contribution < 1.29 is 0 Å². The van der Waals surface area contributed by atoms with Crippen molar-refractivity contribution in [3.8, 4) is 11.8 Å². The van der Waals surface area contributed by atoms with E-state index in [1.54, 1.807) is 0 Å². The molecule has 2 nitrogen and oxygen atoms in total. The fourth-order valence-corrected chi connectivity index (χ4v) is 3.39. The molecule has 2 aromatic carbocycles. The first kappa shape index (κ1) is 18.0. The van der Waals surface area contributed by atoms with Crippen LogP contribution in [0.4, 0.5) is 0 Å². The monoisotopic (exact) mass is 360 g/mol. The van der Waals surface area contributed by atoms with Crippen LogP contribution in [-0.2, 0) is 6.42 Å². The van der Waals surface area contributed by atoms with E-state index in [0.29, 0.717) is 10.6 Å². The molecule has 0 atom stereocenters. The van der Waals surface area contributed by atoms with Crippen LogP contribution in [0.25, 0.3) is 17.3 Å². The molecule has 0 spiro atoms. The van der Waals surface area contributed by atoms with Crippen molar-refractivity contribution in [3.63, 3.8) is 0 Å². The maximum absolute atomic E-state index is 9.61. The average molecular weight is 361 g/mol. The molecule has 0 unspecified atom stereocenters. The maximum Gasteiger partial charge on any atom is 0.0998 e. The Hall–Kier alpha value is -2.76. The summed E-state index contributed by atoms with van der Waals surface area (Å²) in [4.78, 5) is 0. The van der Waals surface area contributed by atoms with Crippen LogP contribution in [0.5, 0.6) is 0 Å². The number of nitrogens with zero attached hydrogens (tertiary/aromatic N) is 2. The number of hydrogen-bond donors (Lipinski definition) is 0. The summed E-state index contributed by atoms with van der Waals surface area (Å²) in [5, 5.41) is 10.2. The van der Waals surface area contributed by atoms with Crippen LogP contribution in [0, 0.1) is 25.2 Å². The van der Waals surface area contributed by atoms with Gasteiger partial charge in [0.05, 0.1) is 11.6 Å². The van der Waals surface area contributed by atoms with E-state index in [1.165, 1.54) is 5.56 Å². The minimum atomic E-state index is 0.606. The van der Waals surface area contributed by atoms with E-state index in [4.69, 9.17) is 11.6 Å². The zero-order valence-corrected chi connectivity index (χ0v) is 16.0. The second-order valence-electron chi connectivity index (χ2n) is 6.36. The molecule has 1 heterocycles. The molecule has 130 valence electrons. The number of halogens is 1. The molecule has 0 aliphatic carbocycles. The third-order valence-electron chi connectivity index (χ3n) is 4.63. The van der Waals surface area contributed by atoms with Crippen LogP contribution >= 0.6 is 11.6 Å². The third-order valence-corrected chi connectivity index (χ3v) is 4.86. The van der Waals surface area contributed by atoms with E-state index in [2.05, 4.69) is 61.7 Å². The van der Waals surface area contributed by atoms with Crippen LogP contribution in [-0.4, -0.2) is 4.57 Å². The zero-order chi connectivity index (χ0) is 18.7. The number of rotatable bonds is 4. The first-order valence-electron chi connectivity index (χ1n) is 8.69. The molecule has 0 amide bonds. The highest BCUT2D eigenvalue weighted by atomic mass is 35.5. The van der Waals surface area contributed by atoms with Gasteiger partial charge in [-0.15, -0.1) is 0 Å². The van der Waals surface area contributed by atoms with Crippen molar-refractivity contribution in [2.75, 3.05) is 0 Å². The van der Waals surface area contributed by atoms with Crippen molar-refractivity contribution in [1.29, 1.82) is 5.26 Å². The molecular formula is C23H21ClN2. The van der Waals surface area contributed by atoms with Crippen LogP contribution in [0.3, 0.4) is 0 Å². The Kier molecular flexibility index (Phi) is 5.30. The van der Waals surface area contributed by atoms with Gasteiger partial charge in [-0.25, -0.2) is 0 Å². The molecule has 0 saturated carbocycles. The quantitative estimate of drug-likeness (QED) is 0.496. The van der Waals surface area contributed by atoms with E-state index < -0.39 is 0 Å². The van der Waals surface area contributed by atoms with Gasteiger partial charge in [0.25, 0.3) is 0 Å². The summed E-state index contributed by atoms with van der Waals surface area (Å²) in [6.45, 7) is 6.33. The van der Waals surface area contributed by atoms with Gasteiger partial charge in [-0.05, 0) is 73.4 Å². The van der Waals surface area contributed by atoms with Gasteiger partial charge < -0.3 is 4.57 Å². The Morgan fingerprint density at radius 3 is 2.46 bits per heavy atom. The summed E-state index contributed by atoms with van der Waals surface area (Å²) >= 11 is 6.07. The lowest BCUT2D eigenvalue weighted by atomic mass is 10.0. The van der Waals surface area contributed by atoms with E-state index in [1.807, 2.05) is 30.3 Å². The highest BCUT2D eigenvalue weighted by Crippen LogP contribution is 2.26. The lowest BCUT2D eigenvalue weighted by molar-refractivity contribution is 0.961. The second-order valence-corrected chi connectivity index (χ2v) is 6.80. The molecule has 0 radical (unpaired) electrons. The highest BCUT2D eigenvalue weighted by Gasteiger charge is 2.11. The molecular weight excluding hydrogens is 340 g/mol. The van der Waals surface area contributed by atoms with Gasteiger partial charge in [0.2, 0.25) is 0 Å². The van der Waals surface area contributed by atoms with Crippen molar-refractivity contribution in [3.05, 3.63) is 87.7 Å². The molecule has 26 heavy (non-hydrogen) atoms. The number of allylic oxidation sites excluding steroid dienone is 1. The minimum absolute atomic E-state index is 0.606. The molecule has 1 aromatic heterocycles. The van der Waals surface area contributed by atoms with Crippen LogP contribution in [0.1, 0.15) is 35.0 Å². The van der Waals surface area contributed by atoms with E-state index in [0.717, 1.165) is 34.6 Å². The lowest BCUT2D eigenvalue weighted by Gasteiger charge is -2.10. The van der Waals surface area contributed by atoms with Crippen LogP contribution < -0.4 is 0 Å². The predicted octanol–water partition coefficient (Wildman–Crippen LogP) is 6.37. The molecule has 3 aromatic rings. The van der Waals surface area contributed by atoms with Gasteiger partial charge >= 0.3 is 0 Å². The lowest BCUT2D eigenvalue weighted by Crippen LogP contribution is -1.99. The first-order valence-corrected chi connectivity index (χ1v) is 9.07. The van der Waals surface area contributed by atoms with Gasteiger partial charge in [0.15, 0.2) is 0 Å². The Bertz CT molecular complexity index is 1000. The van der Waals surface area contributed by atoms with Crippen molar-refractivity contribution in [2.45, 2.75) is 27.2 Å². The smallest absolute Gasteiger partial charge is 0.0998 e. The fourth-order valence-electron chi connectivity index (χ4n) is 3.20. The van der Waals surface area contributed by atoms with Gasteiger partial charge in [0, 0.05) is 22.1 Å². The van der Waals surface area contributed by atoms with E-state index in [-0.39, 0.29) is 0 Å². The number of hydrogen-bond acceptors (Lipinski definition) is 1. The first-order chi connectivity index (χ1) is 12.5. The standard InChI is InChI=1S/C23H21ClN2/c1-4-18-8-10-23(11-9-18)26-16(2)12-20(17(26)3)13-21(15-25)19-6-5-7-22(24)14-19/h5-14H,4H2,1-3H3/b21-13-. The SMILES string of the molecule is CCc1ccc(-n2c(C)cc(/C=C(/C#N)c3cccc(Cl)c3)c2C)cc1. The molecule has 3 rings (SSSR count). The third kappa shape index (κ3) is 3.59. The summed E-state index contributed by atoms with van der Waals surface area (Å²) < 4.78 is 2.22. The van der Waals surface area contributed by atoms with Gasteiger partial charge in [-0.1, -0.05) is 42.8 Å². The zero-order valence-electron chi connectivity index (χ0n) is 15.3. The van der Waals surface area contributed by atoms with E-state index >= 15 is 0 Å². The number of aromatic nitrogens is 1. The largest absolute Gasteiger partial charge is 0.318 e. The van der Waals surface area contributed by atoms with Crippen molar-refractivity contribution in [1.82, 2.24) is 4.57 Å². The maximum atomic E-state index is 9.61. The Labute approximate surface area is 160 Å². The molecule has 0 N–H and O–H groups in total. The Balaban J connectivity index is 2.05. The molecule has 3 heteroatoms. The van der Waals surface area contributed by atoms with Gasteiger partial charge in [-0.3, -0.25) is 0 Å². The van der Waals surface area contributed by atoms with E-state index in [9.17, 15) is 5.26 Å². The summed E-state index contributed by atoms with van der Waals surface area (Å²) in [6, 6.07) is 20.4. The molecule has 0 saturated heterocycles. The summed E-state index contributed by atoms with van der Waals surface area (Å²) in [7, 11) is 0. The predicted molar refractivity (Wildman–Crippen MR) is 110 cm³/mol. The molecule has 0 aliphatic rings. The average Bonchev–Trinajstić information content (AvgIpc) is 2.93. The van der Waals surface area contributed by atoms with Crippen LogP contribution in [0.15, 0.2) is 54.6 Å². The molecule has 0 bridgehead atoms. The van der Waals surface area contributed by atoms with Gasteiger partial charge in [-0.2, -0.15) is 5.26 Å². The van der Waals surface area contributed by atoms with Crippen molar-refractivity contribution in [2.24, 2.45) is 0 Å². The summed E-state index contributed by atoms with van der Waals surface area (Å²) in [5.74, 6) is 0. The number of aryl methyl sites for hydroxylation is 2. The highest BCUT2D eigenvalue weighted by molar-refractivity contribution is 6.30. The topological polar surface area (TPSA) is 28.7 Å². The Morgan fingerprint density at radius 2 is 1.85 bits per heavy atom. The molecule has 0 aliphatic heterocycles. The Morgan fingerprint density at radius 1 is 1.12 bits per heavy atom. The van der Waals surface area contributed by atoms with Crippen molar-refractivity contribution >= 4 is 23.3 Å². The van der Waals surface area contributed by atoms with Gasteiger partial charge in [0.1, 0.15) is 0 Å². The second kappa shape index (κ2) is 7.64. The fraction of sp³-hybridized carbons (Fsp3) is 0.174. The molecule has 0 fully saturated rings. The minimum Gasteiger partial charge on any atom is -0.318 e. The normalized spacial score (nSPS) is 11.4.